The highest BCUT2D eigenvalue weighted by Crippen LogP contribution is 2.40. The third kappa shape index (κ3) is 4.09. The Kier molecular flexibility index (Phi) is 6.30. The quantitative estimate of drug-likeness (QED) is 0.787. The van der Waals surface area contributed by atoms with Gasteiger partial charge in [0.2, 0.25) is 0 Å². The first-order valence-corrected chi connectivity index (χ1v) is 9.98. The van der Waals surface area contributed by atoms with Crippen molar-refractivity contribution >= 4 is 17.5 Å². The smallest absolute Gasteiger partial charge is 0.251 e. The molecule has 0 spiro atoms. The maximum absolute atomic E-state index is 12.9. The molecule has 0 aliphatic heterocycles. The normalized spacial score (nSPS) is 27.7. The lowest BCUT2D eigenvalue weighted by Gasteiger charge is -2.45. The van der Waals surface area contributed by atoms with Crippen LogP contribution in [0.15, 0.2) is 12.1 Å². The van der Waals surface area contributed by atoms with E-state index in [1.807, 2.05) is 6.92 Å². The number of nitrogens with two attached hydrogens (primary N) is 1. The van der Waals surface area contributed by atoms with Gasteiger partial charge in [-0.1, -0.05) is 24.9 Å². The van der Waals surface area contributed by atoms with Gasteiger partial charge in [0, 0.05) is 17.6 Å². The van der Waals surface area contributed by atoms with Crippen LogP contribution in [0.4, 0.5) is 0 Å². The van der Waals surface area contributed by atoms with Crippen molar-refractivity contribution in [1.29, 1.82) is 0 Å². The number of rotatable bonds is 6. The molecule has 0 saturated heterocycles. The number of methoxy groups -OCH3 is 1. The van der Waals surface area contributed by atoms with Gasteiger partial charge in [0.15, 0.2) is 11.5 Å². The fraction of sp³-hybridized carbons (Fsp3) is 0.650. The summed E-state index contributed by atoms with van der Waals surface area (Å²) in [6, 6.07) is 3.84. The highest BCUT2D eigenvalue weighted by atomic mass is 35.5. The Balaban J connectivity index is 1.76. The summed E-state index contributed by atoms with van der Waals surface area (Å²) < 4.78 is 11.0. The number of benzene rings is 1. The molecule has 0 aromatic heterocycles. The van der Waals surface area contributed by atoms with E-state index in [1.54, 1.807) is 19.2 Å². The summed E-state index contributed by atoms with van der Waals surface area (Å²) in [5.74, 6) is 1.83. The van der Waals surface area contributed by atoms with Crippen LogP contribution in [0.5, 0.6) is 11.5 Å². The molecule has 2 aliphatic rings. The standard InChI is InChI=1S/C20H29ClN2O3/c1-3-7-26-19-16(21)10-14(11-17(19)25-2)20(24)23-18-12-5-4-6-13(18)9-15(22)8-12/h10-13,15,18H,3-9,22H2,1-2H3,(H,23,24). The molecule has 5 nitrogen and oxygen atoms in total. The van der Waals surface area contributed by atoms with Gasteiger partial charge in [-0.2, -0.15) is 0 Å². The molecule has 2 fully saturated rings. The Labute approximate surface area is 160 Å². The average Bonchev–Trinajstić information content (AvgIpc) is 2.60. The summed E-state index contributed by atoms with van der Waals surface area (Å²) in [6.45, 7) is 2.57. The summed E-state index contributed by atoms with van der Waals surface area (Å²) in [5, 5.41) is 3.65. The zero-order valence-electron chi connectivity index (χ0n) is 15.6. The van der Waals surface area contributed by atoms with Gasteiger partial charge in [0.25, 0.3) is 5.91 Å². The molecule has 2 unspecified atom stereocenters. The van der Waals surface area contributed by atoms with E-state index in [0.717, 1.165) is 32.1 Å². The van der Waals surface area contributed by atoms with Gasteiger partial charge in [-0.3, -0.25) is 4.79 Å². The predicted molar refractivity (Wildman–Crippen MR) is 103 cm³/mol. The van der Waals surface area contributed by atoms with Crippen LogP contribution in [0.25, 0.3) is 0 Å². The third-order valence-electron chi connectivity index (χ3n) is 5.62. The van der Waals surface area contributed by atoms with Gasteiger partial charge in [-0.25, -0.2) is 0 Å². The highest BCUT2D eigenvalue weighted by molar-refractivity contribution is 6.32. The van der Waals surface area contributed by atoms with Gasteiger partial charge in [-0.15, -0.1) is 0 Å². The van der Waals surface area contributed by atoms with Crippen molar-refractivity contribution in [2.75, 3.05) is 13.7 Å². The number of carbonyl (C=O) groups is 1. The maximum atomic E-state index is 12.9. The van der Waals surface area contributed by atoms with Gasteiger partial charge >= 0.3 is 0 Å². The largest absolute Gasteiger partial charge is 0.493 e. The molecule has 1 aromatic rings. The number of halogens is 1. The van der Waals surface area contributed by atoms with Gasteiger partial charge in [0.1, 0.15) is 0 Å². The van der Waals surface area contributed by atoms with E-state index in [9.17, 15) is 4.79 Å². The van der Waals surface area contributed by atoms with Gasteiger partial charge < -0.3 is 20.5 Å². The van der Waals surface area contributed by atoms with E-state index in [2.05, 4.69) is 5.32 Å². The Hall–Kier alpha value is -1.46. The molecule has 26 heavy (non-hydrogen) atoms. The van der Waals surface area contributed by atoms with Crippen molar-refractivity contribution in [1.82, 2.24) is 5.32 Å². The minimum atomic E-state index is -0.107. The molecular formula is C20H29ClN2O3. The van der Waals surface area contributed by atoms with Crippen LogP contribution in [-0.4, -0.2) is 31.7 Å². The lowest BCUT2D eigenvalue weighted by molar-refractivity contribution is 0.0755. The van der Waals surface area contributed by atoms with Crippen LogP contribution in [0.1, 0.15) is 55.8 Å². The highest BCUT2D eigenvalue weighted by Gasteiger charge is 2.40. The van der Waals surface area contributed by atoms with Crippen LogP contribution < -0.4 is 20.5 Å². The first kappa shape index (κ1) is 19.3. The summed E-state index contributed by atoms with van der Waals surface area (Å²) in [6.07, 6.45) is 6.38. The van der Waals surface area contributed by atoms with Gasteiger partial charge in [0.05, 0.1) is 18.7 Å². The zero-order chi connectivity index (χ0) is 18.7. The predicted octanol–water partition coefficient (Wildman–Crippen LogP) is 3.77. The minimum absolute atomic E-state index is 0.107. The summed E-state index contributed by atoms with van der Waals surface area (Å²) >= 11 is 6.35. The van der Waals surface area contributed by atoms with Gasteiger partial charge in [-0.05, 0) is 56.1 Å². The maximum Gasteiger partial charge on any atom is 0.251 e. The molecule has 1 aromatic carbocycles. The lowest BCUT2D eigenvalue weighted by Crippen LogP contribution is -2.53. The molecule has 2 bridgehead atoms. The summed E-state index contributed by atoms with van der Waals surface area (Å²) in [5.41, 5.74) is 6.69. The molecule has 0 radical (unpaired) electrons. The molecule has 2 saturated carbocycles. The first-order valence-electron chi connectivity index (χ1n) is 9.60. The molecule has 2 atom stereocenters. The van der Waals surface area contributed by atoms with Crippen molar-refractivity contribution in [3.8, 4) is 11.5 Å². The van der Waals surface area contributed by atoms with Crippen LogP contribution in [0.2, 0.25) is 5.02 Å². The molecular weight excluding hydrogens is 352 g/mol. The van der Waals surface area contributed by atoms with E-state index in [-0.39, 0.29) is 18.0 Å². The van der Waals surface area contributed by atoms with E-state index in [0.29, 0.717) is 40.5 Å². The Morgan fingerprint density at radius 1 is 1.31 bits per heavy atom. The monoisotopic (exact) mass is 380 g/mol. The van der Waals surface area contributed by atoms with Crippen molar-refractivity contribution in [2.45, 2.75) is 57.5 Å². The van der Waals surface area contributed by atoms with E-state index in [1.165, 1.54) is 6.42 Å². The second kappa shape index (κ2) is 8.49. The Bertz CT molecular complexity index is 638. The zero-order valence-corrected chi connectivity index (χ0v) is 16.3. The van der Waals surface area contributed by atoms with Crippen LogP contribution in [0.3, 0.4) is 0 Å². The fourth-order valence-corrected chi connectivity index (χ4v) is 4.72. The van der Waals surface area contributed by atoms with E-state index < -0.39 is 0 Å². The topological polar surface area (TPSA) is 73.6 Å². The molecule has 1 amide bonds. The van der Waals surface area contributed by atoms with Crippen molar-refractivity contribution in [3.63, 3.8) is 0 Å². The Morgan fingerprint density at radius 2 is 2.00 bits per heavy atom. The van der Waals surface area contributed by atoms with Crippen molar-refractivity contribution < 1.29 is 14.3 Å². The summed E-state index contributed by atoms with van der Waals surface area (Å²) in [4.78, 5) is 12.9. The number of hydrogen-bond acceptors (Lipinski definition) is 4. The number of nitrogens with one attached hydrogen (secondary N) is 1. The van der Waals surface area contributed by atoms with E-state index >= 15 is 0 Å². The molecule has 3 rings (SSSR count). The summed E-state index contributed by atoms with van der Waals surface area (Å²) in [7, 11) is 1.55. The van der Waals surface area contributed by atoms with Crippen LogP contribution >= 0.6 is 11.6 Å². The SMILES string of the molecule is CCCOc1c(Cl)cc(C(=O)NC2C3CCCC2CC(N)C3)cc1OC. The number of hydrogen-bond donors (Lipinski definition) is 2. The molecule has 144 valence electrons. The second-order valence-electron chi connectivity index (χ2n) is 7.52. The van der Waals surface area contributed by atoms with Crippen molar-refractivity contribution in [2.24, 2.45) is 17.6 Å². The minimum Gasteiger partial charge on any atom is -0.493 e. The van der Waals surface area contributed by atoms with Crippen LogP contribution in [-0.2, 0) is 0 Å². The molecule has 3 N–H and O–H groups in total. The molecule has 0 heterocycles. The number of ether oxygens (including phenoxy) is 2. The first-order chi connectivity index (χ1) is 12.5. The number of carbonyl (C=O) groups excluding carboxylic acids is 1. The lowest BCUT2D eigenvalue weighted by atomic mass is 9.67. The third-order valence-corrected chi connectivity index (χ3v) is 5.90. The number of amides is 1. The average molecular weight is 381 g/mol. The van der Waals surface area contributed by atoms with E-state index in [4.69, 9.17) is 26.8 Å². The number of fused-ring (bicyclic) bond motifs is 2. The molecule has 2 aliphatic carbocycles. The Morgan fingerprint density at radius 3 is 2.62 bits per heavy atom. The second-order valence-corrected chi connectivity index (χ2v) is 7.93. The van der Waals surface area contributed by atoms with Crippen molar-refractivity contribution in [3.05, 3.63) is 22.7 Å². The fourth-order valence-electron chi connectivity index (χ4n) is 4.45. The molecule has 6 heteroatoms. The van der Waals surface area contributed by atoms with Crippen LogP contribution in [0, 0.1) is 11.8 Å².